The van der Waals surface area contributed by atoms with Crippen LogP contribution in [0.4, 0.5) is 5.13 Å². The van der Waals surface area contributed by atoms with Crippen LogP contribution in [0.2, 0.25) is 0 Å². The number of nitrogens with zero attached hydrogens (tertiary/aromatic N) is 2. The molecule has 5 heteroatoms. The van der Waals surface area contributed by atoms with Crippen LogP contribution in [0.5, 0.6) is 0 Å². The summed E-state index contributed by atoms with van der Waals surface area (Å²) in [6, 6.07) is 13.5. The van der Waals surface area contributed by atoms with Crippen LogP contribution in [0.15, 0.2) is 54.0 Å². The van der Waals surface area contributed by atoms with E-state index in [9.17, 15) is 4.79 Å². The molecule has 0 atom stereocenters. The molecule has 0 saturated heterocycles. The molecule has 2 aromatic heterocycles. The van der Waals surface area contributed by atoms with E-state index in [1.165, 1.54) is 11.3 Å². The van der Waals surface area contributed by atoms with Gasteiger partial charge in [-0.05, 0) is 19.1 Å². The number of aromatic nitrogens is 2. The summed E-state index contributed by atoms with van der Waals surface area (Å²) >= 11 is 1.41. The van der Waals surface area contributed by atoms with Gasteiger partial charge in [-0.1, -0.05) is 30.3 Å². The van der Waals surface area contributed by atoms with Gasteiger partial charge in [-0.25, -0.2) is 4.98 Å². The van der Waals surface area contributed by atoms with Crippen molar-refractivity contribution < 1.29 is 4.79 Å². The van der Waals surface area contributed by atoms with E-state index in [-0.39, 0.29) is 5.91 Å². The van der Waals surface area contributed by atoms with E-state index in [0.717, 1.165) is 17.0 Å². The second-order valence-corrected chi connectivity index (χ2v) is 5.40. The highest BCUT2D eigenvalue weighted by Crippen LogP contribution is 2.18. The topological polar surface area (TPSA) is 54.9 Å². The maximum absolute atomic E-state index is 12.1. The minimum absolute atomic E-state index is 0.198. The molecule has 1 amide bonds. The van der Waals surface area contributed by atoms with Crippen LogP contribution in [0.1, 0.15) is 16.1 Å². The molecular weight excluding hydrogens is 282 g/mol. The molecular formula is C16H13N3OS. The summed E-state index contributed by atoms with van der Waals surface area (Å²) in [6.45, 7) is 1.89. The standard InChI is InChI=1S/C16H13N3OS/c1-11-10-21-16(18-11)19-15(20)13-7-8-14(17-9-13)12-5-3-2-4-6-12/h2-10H,1H3,(H,18,19,20). The molecule has 0 spiro atoms. The minimum atomic E-state index is -0.198. The van der Waals surface area contributed by atoms with Crippen molar-refractivity contribution in [1.82, 2.24) is 9.97 Å². The van der Waals surface area contributed by atoms with Crippen molar-refractivity contribution in [1.29, 1.82) is 0 Å². The fourth-order valence-electron chi connectivity index (χ4n) is 1.89. The smallest absolute Gasteiger partial charge is 0.259 e. The zero-order valence-electron chi connectivity index (χ0n) is 11.4. The number of rotatable bonds is 3. The summed E-state index contributed by atoms with van der Waals surface area (Å²) in [5.41, 5.74) is 3.28. The molecule has 0 bridgehead atoms. The molecule has 0 unspecified atom stereocenters. The van der Waals surface area contributed by atoms with Gasteiger partial charge in [0.2, 0.25) is 0 Å². The number of hydrogen-bond acceptors (Lipinski definition) is 4. The number of anilines is 1. The van der Waals surface area contributed by atoms with E-state index in [2.05, 4.69) is 15.3 Å². The lowest BCUT2D eigenvalue weighted by Gasteiger charge is -2.03. The number of hydrogen-bond donors (Lipinski definition) is 1. The normalized spacial score (nSPS) is 10.3. The molecule has 0 aliphatic carbocycles. The first kappa shape index (κ1) is 13.5. The van der Waals surface area contributed by atoms with Gasteiger partial charge in [0, 0.05) is 17.1 Å². The first-order valence-electron chi connectivity index (χ1n) is 6.47. The van der Waals surface area contributed by atoms with Crippen LogP contribution in [-0.2, 0) is 0 Å². The highest BCUT2D eigenvalue weighted by Gasteiger charge is 2.09. The zero-order chi connectivity index (χ0) is 14.7. The van der Waals surface area contributed by atoms with Gasteiger partial charge in [-0.2, -0.15) is 0 Å². The Labute approximate surface area is 126 Å². The van der Waals surface area contributed by atoms with Crippen molar-refractivity contribution in [3.05, 3.63) is 65.3 Å². The van der Waals surface area contributed by atoms with Gasteiger partial charge in [0.15, 0.2) is 5.13 Å². The summed E-state index contributed by atoms with van der Waals surface area (Å²) in [5.74, 6) is -0.198. The van der Waals surface area contributed by atoms with Gasteiger partial charge in [0.05, 0.1) is 17.0 Å². The van der Waals surface area contributed by atoms with Crippen LogP contribution < -0.4 is 5.32 Å². The molecule has 3 rings (SSSR count). The SMILES string of the molecule is Cc1csc(NC(=O)c2ccc(-c3ccccc3)nc2)n1. The number of amides is 1. The van der Waals surface area contributed by atoms with Gasteiger partial charge >= 0.3 is 0 Å². The fraction of sp³-hybridized carbons (Fsp3) is 0.0625. The Bertz CT molecular complexity index is 751. The first-order chi connectivity index (χ1) is 10.2. The lowest BCUT2D eigenvalue weighted by molar-refractivity contribution is 0.102. The minimum Gasteiger partial charge on any atom is -0.298 e. The third kappa shape index (κ3) is 3.14. The third-order valence-corrected chi connectivity index (χ3v) is 3.81. The van der Waals surface area contributed by atoms with Gasteiger partial charge in [-0.3, -0.25) is 15.1 Å². The summed E-state index contributed by atoms with van der Waals surface area (Å²) in [5, 5.41) is 5.26. The Kier molecular flexibility index (Phi) is 3.75. The molecule has 0 fully saturated rings. The maximum atomic E-state index is 12.1. The molecule has 4 nitrogen and oxygen atoms in total. The van der Waals surface area contributed by atoms with Crippen molar-refractivity contribution in [3.8, 4) is 11.3 Å². The molecule has 0 radical (unpaired) electrons. The second-order valence-electron chi connectivity index (χ2n) is 4.55. The van der Waals surface area contributed by atoms with E-state index in [1.54, 1.807) is 12.3 Å². The largest absolute Gasteiger partial charge is 0.298 e. The Morgan fingerprint density at radius 3 is 2.57 bits per heavy atom. The number of aryl methyl sites for hydroxylation is 1. The number of carbonyl (C=O) groups excluding carboxylic acids is 1. The molecule has 104 valence electrons. The van der Waals surface area contributed by atoms with Crippen molar-refractivity contribution in [2.75, 3.05) is 5.32 Å². The molecule has 1 aromatic carbocycles. The van der Waals surface area contributed by atoms with Crippen molar-refractivity contribution in [2.24, 2.45) is 0 Å². The van der Waals surface area contributed by atoms with E-state index in [4.69, 9.17) is 0 Å². The Balaban J connectivity index is 1.76. The summed E-state index contributed by atoms with van der Waals surface area (Å²) < 4.78 is 0. The Morgan fingerprint density at radius 2 is 1.95 bits per heavy atom. The lowest BCUT2D eigenvalue weighted by Crippen LogP contribution is -2.12. The van der Waals surface area contributed by atoms with Crippen LogP contribution in [0.3, 0.4) is 0 Å². The van der Waals surface area contributed by atoms with Crippen LogP contribution in [0.25, 0.3) is 11.3 Å². The third-order valence-electron chi connectivity index (χ3n) is 2.93. The molecule has 1 N–H and O–H groups in total. The predicted octanol–water partition coefficient (Wildman–Crippen LogP) is 3.77. The van der Waals surface area contributed by atoms with Gasteiger partial charge in [0.1, 0.15) is 0 Å². The van der Waals surface area contributed by atoms with E-state index in [0.29, 0.717) is 10.7 Å². The van der Waals surface area contributed by atoms with Crippen LogP contribution in [-0.4, -0.2) is 15.9 Å². The van der Waals surface area contributed by atoms with Gasteiger partial charge in [0.25, 0.3) is 5.91 Å². The molecule has 21 heavy (non-hydrogen) atoms. The zero-order valence-corrected chi connectivity index (χ0v) is 12.2. The van der Waals surface area contributed by atoms with E-state index in [1.807, 2.05) is 48.7 Å². The Morgan fingerprint density at radius 1 is 1.14 bits per heavy atom. The molecule has 0 saturated carbocycles. The summed E-state index contributed by atoms with van der Waals surface area (Å²) in [6.07, 6.45) is 1.58. The highest BCUT2D eigenvalue weighted by atomic mass is 32.1. The monoisotopic (exact) mass is 295 g/mol. The van der Waals surface area contributed by atoms with Gasteiger partial charge < -0.3 is 0 Å². The first-order valence-corrected chi connectivity index (χ1v) is 7.35. The van der Waals surface area contributed by atoms with E-state index >= 15 is 0 Å². The fourth-order valence-corrected chi connectivity index (χ4v) is 2.57. The summed E-state index contributed by atoms with van der Waals surface area (Å²) in [7, 11) is 0. The number of thiazole rings is 1. The second kappa shape index (κ2) is 5.85. The van der Waals surface area contributed by atoms with Crippen LogP contribution in [0, 0.1) is 6.92 Å². The van der Waals surface area contributed by atoms with Crippen molar-refractivity contribution in [3.63, 3.8) is 0 Å². The number of pyridine rings is 1. The predicted molar refractivity (Wildman–Crippen MR) is 84.5 cm³/mol. The number of carbonyl (C=O) groups is 1. The summed E-state index contributed by atoms with van der Waals surface area (Å²) in [4.78, 5) is 20.6. The maximum Gasteiger partial charge on any atom is 0.259 e. The molecule has 0 aliphatic heterocycles. The highest BCUT2D eigenvalue weighted by molar-refractivity contribution is 7.13. The number of benzene rings is 1. The Hall–Kier alpha value is -2.53. The van der Waals surface area contributed by atoms with E-state index < -0.39 is 0 Å². The van der Waals surface area contributed by atoms with Crippen molar-refractivity contribution in [2.45, 2.75) is 6.92 Å². The molecule has 3 aromatic rings. The van der Waals surface area contributed by atoms with Crippen molar-refractivity contribution >= 4 is 22.4 Å². The molecule has 0 aliphatic rings. The molecule has 2 heterocycles. The van der Waals surface area contributed by atoms with Crippen LogP contribution >= 0.6 is 11.3 Å². The average molecular weight is 295 g/mol. The number of nitrogens with one attached hydrogen (secondary N) is 1. The van der Waals surface area contributed by atoms with Gasteiger partial charge in [-0.15, -0.1) is 11.3 Å². The lowest BCUT2D eigenvalue weighted by atomic mass is 10.1. The average Bonchev–Trinajstić information content (AvgIpc) is 2.93. The quantitative estimate of drug-likeness (QED) is 0.800.